The van der Waals surface area contributed by atoms with Crippen LogP contribution in [0.2, 0.25) is 0 Å². The number of nitrogens with zero attached hydrogens (tertiary/aromatic N) is 1. The topological polar surface area (TPSA) is 78.0 Å². The highest BCUT2D eigenvalue weighted by Gasteiger charge is 2.26. The summed E-state index contributed by atoms with van der Waals surface area (Å²) in [5.41, 5.74) is 2.34. The quantitative estimate of drug-likeness (QED) is 0.767. The second-order valence-corrected chi connectivity index (χ2v) is 5.06. The number of carboxylic acid groups (broad SMARTS) is 1. The zero-order valence-corrected chi connectivity index (χ0v) is 11.0. The lowest BCUT2D eigenvalue weighted by Gasteiger charge is -2.27. The molecule has 100 valence electrons. The Hall–Kier alpha value is -1.52. The molecule has 0 aromatic carbocycles. The van der Waals surface area contributed by atoms with Crippen molar-refractivity contribution in [3.05, 3.63) is 11.3 Å². The third-order valence-electron chi connectivity index (χ3n) is 3.88. The van der Waals surface area contributed by atoms with Crippen LogP contribution in [-0.4, -0.2) is 27.3 Å². The van der Waals surface area contributed by atoms with Gasteiger partial charge in [0.2, 0.25) is 0 Å². The Labute approximate surface area is 107 Å². The molecule has 3 N–H and O–H groups in total. The molecule has 1 aliphatic carbocycles. The van der Waals surface area contributed by atoms with E-state index in [9.17, 15) is 4.79 Å². The number of aryl methyl sites for hydroxylation is 1. The number of hydrogen-bond donors (Lipinski definition) is 3. The number of aliphatic carboxylic acids is 1. The van der Waals surface area contributed by atoms with Crippen molar-refractivity contribution < 1.29 is 9.90 Å². The Balaban J connectivity index is 1.91. The largest absolute Gasteiger partial charge is 0.481 e. The van der Waals surface area contributed by atoms with Gasteiger partial charge >= 0.3 is 5.97 Å². The summed E-state index contributed by atoms with van der Waals surface area (Å²) in [7, 11) is 0. The van der Waals surface area contributed by atoms with Crippen molar-refractivity contribution in [2.75, 3.05) is 5.32 Å². The third-order valence-corrected chi connectivity index (χ3v) is 3.88. The number of aromatic nitrogens is 2. The second kappa shape index (κ2) is 5.42. The molecule has 0 atom stereocenters. The van der Waals surface area contributed by atoms with Gasteiger partial charge in [0.1, 0.15) is 0 Å². The lowest BCUT2D eigenvalue weighted by molar-refractivity contribution is -0.142. The number of nitrogens with one attached hydrogen (secondary N) is 2. The molecule has 1 saturated carbocycles. The van der Waals surface area contributed by atoms with E-state index in [1.807, 2.05) is 0 Å². The van der Waals surface area contributed by atoms with Gasteiger partial charge in [-0.25, -0.2) is 0 Å². The minimum atomic E-state index is -0.655. The maximum Gasteiger partial charge on any atom is 0.306 e. The summed E-state index contributed by atoms with van der Waals surface area (Å²) in [4.78, 5) is 10.9. The number of aromatic amines is 1. The summed E-state index contributed by atoms with van der Waals surface area (Å²) >= 11 is 0. The van der Waals surface area contributed by atoms with Crippen molar-refractivity contribution in [2.45, 2.75) is 52.0 Å². The number of anilines is 1. The second-order valence-electron chi connectivity index (χ2n) is 5.06. The summed E-state index contributed by atoms with van der Waals surface area (Å²) in [6.45, 7) is 4.16. The Bertz CT molecular complexity index is 420. The van der Waals surface area contributed by atoms with E-state index in [-0.39, 0.29) is 5.92 Å². The van der Waals surface area contributed by atoms with E-state index in [2.05, 4.69) is 29.4 Å². The van der Waals surface area contributed by atoms with Crippen molar-refractivity contribution in [3.63, 3.8) is 0 Å². The lowest BCUT2D eigenvalue weighted by atomic mass is 9.86. The van der Waals surface area contributed by atoms with Gasteiger partial charge in [0.05, 0.1) is 5.92 Å². The summed E-state index contributed by atoms with van der Waals surface area (Å²) < 4.78 is 0. The van der Waals surface area contributed by atoms with Crippen LogP contribution in [0.25, 0.3) is 0 Å². The van der Waals surface area contributed by atoms with Gasteiger partial charge in [-0.1, -0.05) is 6.92 Å². The van der Waals surface area contributed by atoms with E-state index in [0.717, 1.165) is 43.6 Å². The van der Waals surface area contributed by atoms with E-state index in [4.69, 9.17) is 5.11 Å². The molecular formula is C13H21N3O2. The van der Waals surface area contributed by atoms with Gasteiger partial charge < -0.3 is 10.4 Å². The Morgan fingerprint density at radius 2 is 2.11 bits per heavy atom. The van der Waals surface area contributed by atoms with Gasteiger partial charge in [-0.05, 0) is 39.0 Å². The fraction of sp³-hybridized carbons (Fsp3) is 0.692. The maximum atomic E-state index is 10.9. The van der Waals surface area contributed by atoms with Crippen molar-refractivity contribution in [1.29, 1.82) is 0 Å². The fourth-order valence-electron chi connectivity index (χ4n) is 2.60. The first-order valence-electron chi connectivity index (χ1n) is 6.65. The number of rotatable bonds is 4. The molecule has 5 nitrogen and oxygen atoms in total. The van der Waals surface area contributed by atoms with Crippen LogP contribution in [0, 0.1) is 12.8 Å². The van der Waals surface area contributed by atoms with Crippen molar-refractivity contribution >= 4 is 11.8 Å². The minimum absolute atomic E-state index is 0.158. The molecule has 0 unspecified atom stereocenters. The fourth-order valence-corrected chi connectivity index (χ4v) is 2.60. The Morgan fingerprint density at radius 3 is 2.61 bits per heavy atom. The van der Waals surface area contributed by atoms with Crippen LogP contribution in [-0.2, 0) is 11.2 Å². The number of carbonyl (C=O) groups is 1. The maximum absolute atomic E-state index is 10.9. The molecule has 1 heterocycles. The molecule has 0 aliphatic heterocycles. The van der Waals surface area contributed by atoms with E-state index in [0.29, 0.717) is 6.04 Å². The van der Waals surface area contributed by atoms with E-state index < -0.39 is 5.97 Å². The average molecular weight is 251 g/mol. The SMILES string of the molecule is CCc1[nH]nc(NC2CCC(C(=O)O)CC2)c1C. The Morgan fingerprint density at radius 1 is 1.44 bits per heavy atom. The average Bonchev–Trinajstić information content (AvgIpc) is 2.71. The molecule has 2 rings (SSSR count). The number of carboxylic acids is 1. The van der Waals surface area contributed by atoms with Gasteiger partial charge in [-0.3, -0.25) is 9.89 Å². The van der Waals surface area contributed by atoms with E-state index >= 15 is 0 Å². The number of hydrogen-bond acceptors (Lipinski definition) is 3. The first-order valence-corrected chi connectivity index (χ1v) is 6.65. The molecule has 1 aromatic rings. The van der Waals surface area contributed by atoms with Gasteiger partial charge in [-0.15, -0.1) is 0 Å². The van der Waals surface area contributed by atoms with Gasteiger partial charge in [0.15, 0.2) is 5.82 Å². The molecule has 18 heavy (non-hydrogen) atoms. The molecule has 0 saturated heterocycles. The van der Waals surface area contributed by atoms with Gasteiger partial charge in [0, 0.05) is 17.3 Å². The monoisotopic (exact) mass is 251 g/mol. The summed E-state index contributed by atoms with van der Waals surface area (Å²) in [6.07, 6.45) is 4.29. The zero-order valence-electron chi connectivity index (χ0n) is 11.0. The highest BCUT2D eigenvalue weighted by atomic mass is 16.4. The smallest absolute Gasteiger partial charge is 0.306 e. The van der Waals surface area contributed by atoms with Crippen LogP contribution in [0.1, 0.15) is 43.9 Å². The van der Waals surface area contributed by atoms with E-state index in [1.165, 1.54) is 5.56 Å². The van der Waals surface area contributed by atoms with Crippen LogP contribution < -0.4 is 5.32 Å². The summed E-state index contributed by atoms with van der Waals surface area (Å²) in [5.74, 6) is 0.109. The molecule has 0 bridgehead atoms. The first kappa shape index (κ1) is 12.9. The molecule has 0 spiro atoms. The standard InChI is InChI=1S/C13H21N3O2/c1-3-11-8(2)12(16-15-11)14-10-6-4-9(5-7-10)13(17)18/h9-10H,3-7H2,1-2H3,(H,17,18)(H2,14,15,16). The third kappa shape index (κ3) is 2.66. The van der Waals surface area contributed by atoms with Crippen LogP contribution in [0.4, 0.5) is 5.82 Å². The summed E-state index contributed by atoms with van der Waals surface area (Å²) in [6, 6.07) is 0.354. The number of H-pyrrole nitrogens is 1. The highest BCUT2D eigenvalue weighted by Crippen LogP contribution is 2.27. The molecule has 0 amide bonds. The zero-order chi connectivity index (χ0) is 13.1. The predicted octanol–water partition coefficient (Wildman–Crippen LogP) is 2.34. The first-order chi connectivity index (χ1) is 8.61. The van der Waals surface area contributed by atoms with Crippen LogP contribution in [0.5, 0.6) is 0 Å². The van der Waals surface area contributed by atoms with Crippen LogP contribution in [0.3, 0.4) is 0 Å². The van der Waals surface area contributed by atoms with Gasteiger partial charge in [-0.2, -0.15) is 5.10 Å². The Kier molecular flexibility index (Phi) is 3.89. The minimum Gasteiger partial charge on any atom is -0.481 e. The van der Waals surface area contributed by atoms with Crippen molar-refractivity contribution in [2.24, 2.45) is 5.92 Å². The molecule has 1 fully saturated rings. The molecule has 1 aliphatic rings. The van der Waals surface area contributed by atoms with Crippen molar-refractivity contribution in [3.8, 4) is 0 Å². The molecular weight excluding hydrogens is 230 g/mol. The predicted molar refractivity (Wildman–Crippen MR) is 69.7 cm³/mol. The van der Waals surface area contributed by atoms with E-state index in [1.54, 1.807) is 0 Å². The molecule has 5 heteroatoms. The molecule has 1 aromatic heterocycles. The van der Waals surface area contributed by atoms with Gasteiger partial charge in [0.25, 0.3) is 0 Å². The molecule has 0 radical (unpaired) electrons. The van der Waals surface area contributed by atoms with Crippen LogP contribution in [0.15, 0.2) is 0 Å². The summed E-state index contributed by atoms with van der Waals surface area (Å²) in [5, 5.41) is 19.7. The lowest BCUT2D eigenvalue weighted by Crippen LogP contribution is -2.29. The normalized spacial score (nSPS) is 23.9. The highest BCUT2D eigenvalue weighted by molar-refractivity contribution is 5.70. The van der Waals surface area contributed by atoms with Crippen molar-refractivity contribution in [1.82, 2.24) is 10.2 Å². The van der Waals surface area contributed by atoms with Crippen LogP contribution >= 0.6 is 0 Å².